The smallest absolute Gasteiger partial charge is 0.405 e. The average molecular weight is 550 g/mol. The average Bonchev–Trinajstić information content (AvgIpc) is 2.50. The number of carbonyl (C=O) groups is 2. The highest BCUT2D eigenvalue weighted by atomic mass is 127. The number of esters is 2. The van der Waals surface area contributed by atoms with Crippen molar-refractivity contribution in [2.24, 2.45) is 17.3 Å². The second-order valence-corrected chi connectivity index (χ2v) is 13.6. The number of hydrogen-bond acceptors (Lipinski definition) is 6. The molecule has 7 nitrogen and oxygen atoms in total. The summed E-state index contributed by atoms with van der Waals surface area (Å²) in [7, 11) is -5.73. The van der Waals surface area contributed by atoms with Crippen LogP contribution in [0.1, 0.15) is 59.3 Å². The maximum Gasteiger partial charge on any atom is 0.405 e. The Morgan fingerprint density at radius 1 is 1.17 bits per heavy atom. The Kier molecular flexibility index (Phi) is 5.56. The van der Waals surface area contributed by atoms with E-state index >= 15 is 0 Å². The lowest BCUT2D eigenvalue weighted by Crippen LogP contribution is -2.61. The van der Waals surface area contributed by atoms with Crippen molar-refractivity contribution in [3.63, 3.8) is 0 Å². The molecule has 0 aromatic heterocycles. The molecule has 1 N–H and O–H groups in total. The van der Waals surface area contributed by atoms with E-state index in [0.717, 1.165) is 13.3 Å². The molecule has 166 valence electrons. The third-order valence-electron chi connectivity index (χ3n) is 6.34. The van der Waals surface area contributed by atoms with Gasteiger partial charge >= 0.3 is 27.3 Å². The van der Waals surface area contributed by atoms with Crippen LogP contribution in [0.25, 0.3) is 0 Å². The summed E-state index contributed by atoms with van der Waals surface area (Å²) in [5.41, 5.74) is -1.93. The van der Waals surface area contributed by atoms with Crippen LogP contribution in [-0.4, -0.2) is 45.3 Å². The van der Waals surface area contributed by atoms with E-state index < -0.39 is 47.9 Å². The van der Waals surface area contributed by atoms with E-state index in [0.29, 0.717) is 25.7 Å². The first-order valence-corrected chi connectivity index (χ1v) is 12.0. The third-order valence-corrected chi connectivity index (χ3v) is 7.80. The number of ether oxygens (including phenoxy) is 2. The molecule has 11 heteroatoms. The molecule has 0 radical (unpaired) electrons. The van der Waals surface area contributed by atoms with E-state index in [1.165, 1.54) is 0 Å². The number of hydrogen-bond donors (Lipinski definition) is 1. The minimum absolute atomic E-state index is 0.103. The van der Waals surface area contributed by atoms with E-state index in [2.05, 4.69) is 0 Å². The van der Waals surface area contributed by atoms with Crippen LogP contribution in [0.15, 0.2) is 0 Å². The first-order valence-electron chi connectivity index (χ1n) is 9.48. The van der Waals surface area contributed by atoms with Gasteiger partial charge in [-0.3, -0.25) is 14.1 Å². The van der Waals surface area contributed by atoms with Gasteiger partial charge in [0.25, 0.3) is 0 Å². The minimum Gasteiger partial charge on any atom is -0.458 e. The zero-order valence-corrected chi connectivity index (χ0v) is 19.4. The number of rotatable bonds is 6. The predicted molar refractivity (Wildman–Crippen MR) is 106 cm³/mol. The Bertz CT molecular complexity index is 807. The second-order valence-electron chi connectivity index (χ2n) is 9.37. The lowest BCUT2D eigenvalue weighted by atomic mass is 9.48. The van der Waals surface area contributed by atoms with Gasteiger partial charge in [0, 0.05) is 6.42 Å². The largest absolute Gasteiger partial charge is 0.458 e. The molecule has 0 spiro atoms. The molecule has 4 aliphatic rings. The first-order chi connectivity index (χ1) is 13.0. The van der Waals surface area contributed by atoms with Gasteiger partial charge in [-0.2, -0.15) is 17.2 Å². The molecular formula is C18H25F2IO7S. The predicted octanol–water partition coefficient (Wildman–Crippen LogP) is 3.49. The molecule has 4 rings (SSSR count). The van der Waals surface area contributed by atoms with Gasteiger partial charge in [0.1, 0.15) is 9.02 Å². The topological polar surface area (TPSA) is 107 Å². The van der Waals surface area contributed by atoms with E-state index in [4.69, 9.17) is 14.0 Å². The molecule has 4 aliphatic carbocycles. The second kappa shape index (κ2) is 6.98. The zero-order valence-electron chi connectivity index (χ0n) is 16.4. The van der Waals surface area contributed by atoms with Crippen LogP contribution in [0.5, 0.6) is 0 Å². The highest BCUT2D eigenvalue weighted by Gasteiger charge is 2.64. The van der Waals surface area contributed by atoms with Crippen molar-refractivity contribution in [2.75, 3.05) is 0 Å². The molecule has 0 aliphatic heterocycles. The van der Waals surface area contributed by atoms with Crippen molar-refractivity contribution in [2.45, 2.75) is 79.7 Å². The summed E-state index contributed by atoms with van der Waals surface area (Å²) in [5.74, 6) is -1.11. The van der Waals surface area contributed by atoms with E-state index in [1.807, 2.05) is 22.6 Å². The molecule has 0 amide bonds. The summed E-state index contributed by atoms with van der Waals surface area (Å²) in [5, 5.41) is -4.61. The summed E-state index contributed by atoms with van der Waals surface area (Å²) in [4.78, 5) is 25.4. The molecule has 3 unspecified atom stereocenters. The fourth-order valence-electron chi connectivity index (χ4n) is 5.42. The third kappa shape index (κ3) is 4.15. The zero-order chi connectivity index (χ0) is 22.0. The lowest BCUT2D eigenvalue weighted by Gasteiger charge is -2.60. The fraction of sp³-hybridized carbons (Fsp3) is 0.889. The normalized spacial score (nSPS) is 35.3. The molecule has 4 saturated carbocycles. The van der Waals surface area contributed by atoms with Gasteiger partial charge in [-0.15, -0.1) is 0 Å². The standard InChI is InChI=1S/C18H25F2IO7S/c1-10(18(19,20)29(24,25)26)27-14(23)16-5-11-4-12(6-16)8-17(7-11,9-16)28-13(22)15(2,3)21/h10-12H,4-9H2,1-3H3,(H,24,25,26). The molecule has 0 aromatic carbocycles. The van der Waals surface area contributed by atoms with Gasteiger partial charge in [0.15, 0.2) is 6.10 Å². The van der Waals surface area contributed by atoms with Crippen LogP contribution >= 0.6 is 22.6 Å². The lowest BCUT2D eigenvalue weighted by molar-refractivity contribution is -0.218. The maximum atomic E-state index is 13.8. The van der Waals surface area contributed by atoms with Crippen molar-refractivity contribution in [1.29, 1.82) is 0 Å². The van der Waals surface area contributed by atoms with Crippen LogP contribution in [0.3, 0.4) is 0 Å². The summed E-state index contributed by atoms with van der Waals surface area (Å²) < 4.78 is 68.3. The van der Waals surface area contributed by atoms with Crippen LogP contribution in [-0.2, 0) is 29.2 Å². The van der Waals surface area contributed by atoms with Crippen molar-refractivity contribution >= 4 is 44.6 Å². The summed E-state index contributed by atoms with van der Waals surface area (Å²) in [6.45, 7) is 4.18. The molecular weight excluding hydrogens is 525 g/mol. The van der Waals surface area contributed by atoms with Crippen LogP contribution in [0.2, 0.25) is 0 Å². The van der Waals surface area contributed by atoms with E-state index in [1.54, 1.807) is 13.8 Å². The van der Waals surface area contributed by atoms with Gasteiger partial charge < -0.3 is 9.47 Å². The Morgan fingerprint density at radius 3 is 2.14 bits per heavy atom. The minimum atomic E-state index is -5.73. The van der Waals surface area contributed by atoms with Gasteiger partial charge in [-0.1, -0.05) is 22.6 Å². The quantitative estimate of drug-likeness (QED) is 0.234. The maximum absolute atomic E-state index is 13.8. The number of halogens is 3. The van der Waals surface area contributed by atoms with E-state index in [-0.39, 0.29) is 18.3 Å². The van der Waals surface area contributed by atoms with Crippen molar-refractivity contribution in [1.82, 2.24) is 0 Å². The van der Waals surface area contributed by atoms with Crippen molar-refractivity contribution < 1.29 is 40.8 Å². The monoisotopic (exact) mass is 550 g/mol. The molecule has 0 saturated heterocycles. The van der Waals surface area contributed by atoms with Crippen LogP contribution in [0.4, 0.5) is 8.78 Å². The highest BCUT2D eigenvalue weighted by Crippen LogP contribution is 2.63. The molecule has 0 aromatic rings. The summed E-state index contributed by atoms with van der Waals surface area (Å²) in [6, 6.07) is 0. The van der Waals surface area contributed by atoms with E-state index in [9.17, 15) is 26.8 Å². The van der Waals surface area contributed by atoms with Crippen LogP contribution in [0, 0.1) is 17.3 Å². The molecule has 0 heterocycles. The number of alkyl halides is 3. The Morgan fingerprint density at radius 2 is 1.69 bits per heavy atom. The SMILES string of the molecule is CC(OC(=O)C12CC3CC(CC(OC(=O)C(C)(C)I)(C3)C1)C2)C(F)(F)S(=O)(=O)O. The first kappa shape index (κ1) is 23.1. The molecule has 29 heavy (non-hydrogen) atoms. The molecule has 4 fully saturated rings. The van der Waals surface area contributed by atoms with Crippen molar-refractivity contribution in [3.8, 4) is 0 Å². The summed E-state index contributed by atoms with van der Waals surface area (Å²) in [6.07, 6.45) is 0.803. The Hall–Kier alpha value is -0.560. The number of carbonyl (C=O) groups excluding carboxylic acids is 2. The molecule has 3 atom stereocenters. The summed E-state index contributed by atoms with van der Waals surface area (Å²) >= 11 is 1.98. The van der Waals surface area contributed by atoms with Gasteiger partial charge in [0.2, 0.25) is 0 Å². The van der Waals surface area contributed by atoms with Gasteiger partial charge in [-0.25, -0.2) is 0 Å². The Balaban J connectivity index is 1.83. The highest BCUT2D eigenvalue weighted by molar-refractivity contribution is 14.1. The van der Waals surface area contributed by atoms with Gasteiger partial charge in [0.05, 0.1) is 5.41 Å². The molecule has 4 bridgehead atoms. The Labute approximate surface area is 182 Å². The fourth-order valence-corrected chi connectivity index (χ4v) is 6.00. The van der Waals surface area contributed by atoms with Crippen LogP contribution < -0.4 is 0 Å². The van der Waals surface area contributed by atoms with Gasteiger partial charge in [-0.05, 0) is 64.7 Å². The van der Waals surface area contributed by atoms with Crippen molar-refractivity contribution in [3.05, 3.63) is 0 Å².